The summed E-state index contributed by atoms with van der Waals surface area (Å²) in [4.78, 5) is 4.41. The zero-order valence-electron chi connectivity index (χ0n) is 8.22. The van der Waals surface area contributed by atoms with E-state index >= 15 is 0 Å². The van der Waals surface area contributed by atoms with Gasteiger partial charge in [0.05, 0.1) is 11.6 Å². The molecule has 2 heterocycles. The van der Waals surface area contributed by atoms with Gasteiger partial charge in [0.1, 0.15) is 17.1 Å². The van der Waals surface area contributed by atoms with Crippen molar-refractivity contribution < 1.29 is 10.2 Å². The number of nitrogens with zero attached hydrogens (tertiary/aromatic N) is 2. The van der Waals surface area contributed by atoms with Crippen molar-refractivity contribution in [2.24, 2.45) is 0 Å². The first-order chi connectivity index (χ1) is 7.25. The molecule has 1 unspecified atom stereocenters. The van der Waals surface area contributed by atoms with E-state index in [-0.39, 0.29) is 11.9 Å². The van der Waals surface area contributed by atoms with Gasteiger partial charge in [-0.15, -0.1) is 0 Å². The lowest BCUT2D eigenvalue weighted by molar-refractivity contribution is 0.142. The van der Waals surface area contributed by atoms with Crippen molar-refractivity contribution in [3.63, 3.8) is 0 Å². The van der Waals surface area contributed by atoms with E-state index in [2.05, 4.69) is 4.98 Å². The average molecular weight is 204 g/mol. The highest BCUT2D eigenvalue weighted by atomic mass is 16.3. The van der Waals surface area contributed by atoms with Crippen LogP contribution in [-0.4, -0.2) is 25.9 Å². The Balaban J connectivity index is 2.29. The molecule has 0 amide bonds. The molecule has 0 bridgehead atoms. The van der Waals surface area contributed by atoms with Crippen molar-refractivity contribution >= 4 is 11.0 Å². The van der Waals surface area contributed by atoms with Crippen LogP contribution in [0.15, 0.2) is 18.2 Å². The zero-order valence-corrected chi connectivity index (χ0v) is 8.22. The summed E-state index contributed by atoms with van der Waals surface area (Å²) >= 11 is 0. The standard InChI is InChI=1S/C11H12N2O2/c14-7-4-5-13-10(6-7)12-8-2-1-3-9(15)11(8)13/h1-3,7,14-15H,4-6H2. The number of hydrogen-bond donors (Lipinski definition) is 2. The topological polar surface area (TPSA) is 58.3 Å². The minimum absolute atomic E-state index is 0.266. The fourth-order valence-electron chi connectivity index (χ4n) is 2.20. The summed E-state index contributed by atoms with van der Waals surface area (Å²) in [7, 11) is 0. The number of aryl methyl sites for hydroxylation is 1. The summed E-state index contributed by atoms with van der Waals surface area (Å²) in [5, 5.41) is 19.3. The summed E-state index contributed by atoms with van der Waals surface area (Å²) in [5.74, 6) is 1.13. The van der Waals surface area contributed by atoms with Crippen LogP contribution in [0.2, 0.25) is 0 Å². The third-order valence-electron chi connectivity index (χ3n) is 2.93. The van der Waals surface area contributed by atoms with Crippen LogP contribution < -0.4 is 0 Å². The largest absolute Gasteiger partial charge is 0.506 e. The fourth-order valence-corrected chi connectivity index (χ4v) is 2.20. The molecule has 3 rings (SSSR count). The Kier molecular flexibility index (Phi) is 1.73. The van der Waals surface area contributed by atoms with Gasteiger partial charge in [0.2, 0.25) is 0 Å². The molecule has 0 saturated carbocycles. The Morgan fingerprint density at radius 2 is 2.27 bits per heavy atom. The van der Waals surface area contributed by atoms with Crippen molar-refractivity contribution in [1.82, 2.24) is 9.55 Å². The third-order valence-corrected chi connectivity index (χ3v) is 2.93. The first-order valence-electron chi connectivity index (χ1n) is 5.11. The minimum atomic E-state index is -0.295. The van der Waals surface area contributed by atoms with Gasteiger partial charge in [0.15, 0.2) is 0 Å². The quantitative estimate of drug-likeness (QED) is 0.674. The normalized spacial score (nSPS) is 20.5. The predicted octanol–water partition coefficient (Wildman–Crippen LogP) is 1.05. The molecule has 2 N–H and O–H groups in total. The number of benzene rings is 1. The maximum Gasteiger partial charge on any atom is 0.141 e. The van der Waals surface area contributed by atoms with E-state index in [1.54, 1.807) is 12.1 Å². The number of aromatic hydroxyl groups is 1. The van der Waals surface area contributed by atoms with Gasteiger partial charge in [0, 0.05) is 13.0 Å². The van der Waals surface area contributed by atoms with Crippen LogP contribution in [0.25, 0.3) is 11.0 Å². The average Bonchev–Trinajstić information content (AvgIpc) is 2.56. The molecule has 4 heteroatoms. The first kappa shape index (κ1) is 8.73. The van der Waals surface area contributed by atoms with Crippen molar-refractivity contribution in [2.75, 3.05) is 0 Å². The maximum atomic E-state index is 9.76. The number of para-hydroxylation sites is 1. The van der Waals surface area contributed by atoms with Crippen molar-refractivity contribution in [3.8, 4) is 5.75 Å². The lowest BCUT2D eigenvalue weighted by Crippen LogP contribution is -2.23. The molecule has 1 aliphatic rings. The molecule has 4 nitrogen and oxygen atoms in total. The van der Waals surface area contributed by atoms with Crippen LogP contribution in [0.5, 0.6) is 5.75 Å². The van der Waals surface area contributed by atoms with Crippen molar-refractivity contribution in [2.45, 2.75) is 25.5 Å². The highest BCUT2D eigenvalue weighted by Gasteiger charge is 2.21. The third kappa shape index (κ3) is 1.22. The molecular weight excluding hydrogens is 192 g/mol. The van der Waals surface area contributed by atoms with Gasteiger partial charge in [-0.05, 0) is 18.6 Å². The number of hydrogen-bond acceptors (Lipinski definition) is 3. The molecule has 2 aromatic rings. The number of phenols is 1. The summed E-state index contributed by atoms with van der Waals surface area (Å²) in [6.45, 7) is 0.727. The lowest BCUT2D eigenvalue weighted by Gasteiger charge is -2.19. The Hall–Kier alpha value is -1.55. The molecule has 0 saturated heterocycles. The molecule has 15 heavy (non-hydrogen) atoms. The summed E-state index contributed by atoms with van der Waals surface area (Å²) < 4.78 is 2.00. The number of aliphatic hydroxyl groups excluding tert-OH is 1. The number of imidazole rings is 1. The molecule has 1 atom stereocenters. The Labute approximate surface area is 86.8 Å². The van der Waals surface area contributed by atoms with Gasteiger partial charge in [0.25, 0.3) is 0 Å². The van der Waals surface area contributed by atoms with E-state index in [1.807, 2.05) is 10.6 Å². The summed E-state index contributed by atoms with van der Waals surface area (Å²) in [5.41, 5.74) is 1.60. The summed E-state index contributed by atoms with van der Waals surface area (Å²) in [6, 6.07) is 5.34. The van der Waals surface area contributed by atoms with Gasteiger partial charge in [-0.3, -0.25) is 0 Å². The highest BCUT2D eigenvalue weighted by Crippen LogP contribution is 2.28. The van der Waals surface area contributed by atoms with E-state index in [4.69, 9.17) is 0 Å². The van der Waals surface area contributed by atoms with Crippen LogP contribution in [0, 0.1) is 0 Å². The number of aliphatic hydroxyl groups is 1. The maximum absolute atomic E-state index is 9.76. The predicted molar refractivity (Wildman–Crippen MR) is 55.7 cm³/mol. The molecule has 1 aromatic carbocycles. The number of phenolic OH excluding ortho intramolecular Hbond substituents is 1. The zero-order chi connectivity index (χ0) is 10.4. The van der Waals surface area contributed by atoms with E-state index in [0.29, 0.717) is 6.42 Å². The SMILES string of the molecule is Oc1cccc2nc3n(c12)CCC(O)C3. The Morgan fingerprint density at radius 1 is 1.40 bits per heavy atom. The molecule has 1 aromatic heterocycles. The smallest absolute Gasteiger partial charge is 0.141 e. The molecule has 0 fully saturated rings. The highest BCUT2D eigenvalue weighted by molar-refractivity contribution is 5.82. The molecule has 0 aliphatic carbocycles. The number of aromatic nitrogens is 2. The molecule has 0 radical (unpaired) electrons. The molecule has 78 valence electrons. The molecule has 0 spiro atoms. The first-order valence-corrected chi connectivity index (χ1v) is 5.11. The van der Waals surface area contributed by atoms with Gasteiger partial charge in [-0.1, -0.05) is 6.07 Å². The van der Waals surface area contributed by atoms with Gasteiger partial charge in [-0.25, -0.2) is 4.98 Å². The second-order valence-corrected chi connectivity index (χ2v) is 3.97. The van der Waals surface area contributed by atoms with Crippen LogP contribution in [-0.2, 0) is 13.0 Å². The van der Waals surface area contributed by atoms with Gasteiger partial charge < -0.3 is 14.8 Å². The molecule has 1 aliphatic heterocycles. The summed E-state index contributed by atoms with van der Waals surface area (Å²) in [6.07, 6.45) is 1.01. The van der Waals surface area contributed by atoms with Gasteiger partial charge in [-0.2, -0.15) is 0 Å². The van der Waals surface area contributed by atoms with E-state index in [9.17, 15) is 10.2 Å². The van der Waals surface area contributed by atoms with Crippen molar-refractivity contribution in [1.29, 1.82) is 0 Å². The van der Waals surface area contributed by atoms with E-state index in [0.717, 1.165) is 29.8 Å². The Morgan fingerprint density at radius 3 is 3.13 bits per heavy atom. The monoisotopic (exact) mass is 204 g/mol. The van der Waals surface area contributed by atoms with Gasteiger partial charge >= 0.3 is 0 Å². The number of fused-ring (bicyclic) bond motifs is 3. The van der Waals surface area contributed by atoms with Crippen LogP contribution in [0.1, 0.15) is 12.2 Å². The van der Waals surface area contributed by atoms with Crippen LogP contribution in [0.4, 0.5) is 0 Å². The lowest BCUT2D eigenvalue weighted by atomic mass is 10.1. The minimum Gasteiger partial charge on any atom is -0.506 e. The van der Waals surface area contributed by atoms with Crippen molar-refractivity contribution in [3.05, 3.63) is 24.0 Å². The van der Waals surface area contributed by atoms with Crippen LogP contribution >= 0.6 is 0 Å². The van der Waals surface area contributed by atoms with Crippen LogP contribution in [0.3, 0.4) is 0 Å². The Bertz CT molecular complexity index is 519. The van der Waals surface area contributed by atoms with E-state index < -0.39 is 0 Å². The van der Waals surface area contributed by atoms with E-state index in [1.165, 1.54) is 0 Å². The fraction of sp³-hybridized carbons (Fsp3) is 0.364. The second-order valence-electron chi connectivity index (χ2n) is 3.97. The number of rotatable bonds is 0. The second kappa shape index (κ2) is 2.97. The molecular formula is C11H12N2O2.